The monoisotopic (exact) mass is 415 g/mol. The van der Waals surface area contributed by atoms with E-state index >= 15 is 0 Å². The lowest BCUT2D eigenvalue weighted by atomic mass is 10.1. The molecule has 1 heteroatoms. The molecule has 30 heavy (non-hydrogen) atoms. The van der Waals surface area contributed by atoms with Gasteiger partial charge < -0.3 is 0 Å². The Bertz CT molecular complexity index is 756. The highest BCUT2D eigenvalue weighted by atomic mass is 31.2. The second-order valence-electron chi connectivity index (χ2n) is 8.03. The van der Waals surface area contributed by atoms with Crippen LogP contribution in [0.2, 0.25) is 0 Å². The van der Waals surface area contributed by atoms with Crippen LogP contribution in [0.3, 0.4) is 0 Å². The fourth-order valence-corrected chi connectivity index (χ4v) is 8.24. The van der Waals surface area contributed by atoms with Crippen molar-refractivity contribution in [3.8, 4) is 0 Å². The van der Waals surface area contributed by atoms with Crippen molar-refractivity contribution in [2.45, 2.75) is 51.9 Å². The highest BCUT2D eigenvalue weighted by molar-refractivity contribution is 7.95. The van der Waals surface area contributed by atoms with Gasteiger partial charge in [-0.2, -0.15) is 0 Å². The second-order valence-corrected chi connectivity index (χ2v) is 11.6. The average molecular weight is 416 g/mol. The normalized spacial score (nSPS) is 11.8. The third-order valence-corrected chi connectivity index (χ3v) is 10.2. The molecule has 0 atom stereocenters. The Balaban J connectivity index is 1.84. The molecule has 3 aromatic rings. The van der Waals surface area contributed by atoms with Crippen molar-refractivity contribution >= 4 is 23.2 Å². The Labute approximate surface area is 184 Å². The molecule has 0 fully saturated rings. The maximum absolute atomic E-state index is 2.47. The zero-order chi connectivity index (χ0) is 20.9. The average Bonchev–Trinajstić information content (AvgIpc) is 2.82. The van der Waals surface area contributed by atoms with Gasteiger partial charge in [0, 0.05) is 0 Å². The molecule has 0 unspecified atom stereocenters. The summed E-state index contributed by atoms with van der Waals surface area (Å²) in [6, 6.07) is 33.5. The predicted molar refractivity (Wildman–Crippen MR) is 137 cm³/mol. The number of allylic oxidation sites excluding steroid dienone is 2. The maximum atomic E-state index is 2.47. The van der Waals surface area contributed by atoms with Crippen LogP contribution in [-0.2, 0) is 0 Å². The quantitative estimate of drug-likeness (QED) is 0.165. The van der Waals surface area contributed by atoms with E-state index in [1.54, 1.807) is 0 Å². The highest BCUT2D eigenvalue weighted by Crippen LogP contribution is 2.55. The molecule has 156 valence electrons. The summed E-state index contributed by atoms with van der Waals surface area (Å²) in [6.07, 6.45) is 15.3. The zero-order valence-electron chi connectivity index (χ0n) is 18.4. The number of rotatable bonds is 12. The Kier molecular flexibility index (Phi) is 9.39. The van der Waals surface area contributed by atoms with Gasteiger partial charge >= 0.3 is 0 Å². The highest BCUT2D eigenvalue weighted by Gasteiger charge is 2.43. The molecule has 0 radical (unpaired) electrons. The molecule has 0 aromatic heterocycles. The molecule has 0 saturated heterocycles. The lowest BCUT2D eigenvalue weighted by molar-refractivity contribution is 0.611. The van der Waals surface area contributed by atoms with Crippen molar-refractivity contribution < 1.29 is 0 Å². The van der Waals surface area contributed by atoms with Crippen LogP contribution in [0.1, 0.15) is 51.9 Å². The minimum Gasteiger partial charge on any atom is -0.0849 e. The van der Waals surface area contributed by atoms with Gasteiger partial charge in [0.25, 0.3) is 0 Å². The van der Waals surface area contributed by atoms with Gasteiger partial charge in [0.1, 0.15) is 23.2 Å². The van der Waals surface area contributed by atoms with Gasteiger partial charge in [0.15, 0.2) is 0 Å². The van der Waals surface area contributed by atoms with Crippen LogP contribution < -0.4 is 15.9 Å². The summed E-state index contributed by atoms with van der Waals surface area (Å²) < 4.78 is 0. The molecule has 0 nitrogen and oxygen atoms in total. The molecular weight excluding hydrogens is 379 g/mol. The first kappa shape index (κ1) is 22.5. The largest absolute Gasteiger partial charge is 0.115 e. The maximum Gasteiger partial charge on any atom is 0.115 e. The van der Waals surface area contributed by atoms with Gasteiger partial charge in [0.2, 0.25) is 0 Å². The molecule has 0 N–H and O–H groups in total. The number of hydrogen-bond donors (Lipinski definition) is 0. The number of unbranched alkanes of at least 4 members (excludes halogenated alkanes) is 6. The summed E-state index contributed by atoms with van der Waals surface area (Å²) >= 11 is 0. The molecule has 0 saturated carbocycles. The van der Waals surface area contributed by atoms with Crippen LogP contribution in [0.25, 0.3) is 0 Å². The third kappa shape index (κ3) is 5.93. The topological polar surface area (TPSA) is 0 Å². The minimum absolute atomic E-state index is 1.08. The molecule has 0 amide bonds. The van der Waals surface area contributed by atoms with Gasteiger partial charge in [-0.25, -0.2) is 0 Å². The molecule has 0 bridgehead atoms. The van der Waals surface area contributed by atoms with Gasteiger partial charge in [0.05, 0.1) is 6.16 Å². The first-order valence-electron chi connectivity index (χ1n) is 11.6. The van der Waals surface area contributed by atoms with E-state index in [4.69, 9.17) is 0 Å². The summed E-state index contributed by atoms with van der Waals surface area (Å²) in [5.74, 6) is 0. The van der Waals surface area contributed by atoms with E-state index in [1.165, 1.54) is 60.9 Å². The first-order chi connectivity index (χ1) is 14.9. The van der Waals surface area contributed by atoms with E-state index in [0.29, 0.717) is 0 Å². The Hall–Kier alpha value is -2.17. The second kappa shape index (κ2) is 12.5. The Morgan fingerprint density at radius 1 is 0.533 bits per heavy atom. The minimum atomic E-state index is -1.71. The van der Waals surface area contributed by atoms with Crippen LogP contribution in [0, 0.1) is 0 Å². The molecule has 3 aromatic carbocycles. The molecule has 0 aliphatic carbocycles. The smallest absolute Gasteiger partial charge is 0.0849 e. The van der Waals surface area contributed by atoms with E-state index in [9.17, 15) is 0 Å². The molecule has 3 rings (SSSR count). The van der Waals surface area contributed by atoms with Crippen LogP contribution >= 0.6 is 7.26 Å². The van der Waals surface area contributed by atoms with Gasteiger partial charge in [-0.3, -0.25) is 0 Å². The van der Waals surface area contributed by atoms with Gasteiger partial charge in [-0.05, 0) is 49.2 Å². The van der Waals surface area contributed by atoms with Gasteiger partial charge in [-0.15, -0.1) is 0 Å². The summed E-state index contributed by atoms with van der Waals surface area (Å²) in [4.78, 5) is 0. The van der Waals surface area contributed by atoms with Crippen LogP contribution in [0.15, 0.2) is 103 Å². The summed E-state index contributed by atoms with van der Waals surface area (Å²) in [7, 11) is -1.71. The lowest BCUT2D eigenvalue weighted by Gasteiger charge is -2.26. The van der Waals surface area contributed by atoms with E-state index < -0.39 is 7.26 Å². The van der Waals surface area contributed by atoms with E-state index in [-0.39, 0.29) is 0 Å². The molecule has 0 aliphatic heterocycles. The number of benzene rings is 3. The Morgan fingerprint density at radius 2 is 0.967 bits per heavy atom. The summed E-state index contributed by atoms with van der Waals surface area (Å²) in [5, 5.41) is 4.39. The van der Waals surface area contributed by atoms with Crippen LogP contribution in [-0.4, -0.2) is 6.16 Å². The fraction of sp³-hybridized carbons (Fsp3) is 0.310. The summed E-state index contributed by atoms with van der Waals surface area (Å²) in [6.45, 7) is 2.28. The van der Waals surface area contributed by atoms with E-state index in [1.807, 2.05) is 0 Å². The lowest BCUT2D eigenvalue weighted by Crippen LogP contribution is -2.32. The molecule has 0 spiro atoms. The van der Waals surface area contributed by atoms with Crippen molar-refractivity contribution in [1.29, 1.82) is 0 Å². The van der Waals surface area contributed by atoms with Crippen LogP contribution in [0.4, 0.5) is 0 Å². The summed E-state index contributed by atoms with van der Waals surface area (Å²) in [5.41, 5.74) is 0. The molecular formula is C29H36P+. The fourth-order valence-electron chi connectivity index (χ4n) is 4.20. The predicted octanol–water partition coefficient (Wildman–Crippen LogP) is 7.29. The van der Waals surface area contributed by atoms with Crippen molar-refractivity contribution in [2.24, 2.45) is 0 Å². The molecule has 0 aliphatic rings. The standard InChI is InChI=1S/C29H36P/c1-2-3-4-5-6-7-8-9-19-26-30(27-20-13-10-14-21-27,28-22-15-11-16-23-28)29-24-17-12-18-25-29/h9-25H,2-8,26H2,1H3/q+1/b19-9+. The van der Waals surface area contributed by atoms with Crippen molar-refractivity contribution in [3.63, 3.8) is 0 Å². The van der Waals surface area contributed by atoms with Crippen molar-refractivity contribution in [2.75, 3.05) is 6.16 Å². The third-order valence-electron chi connectivity index (χ3n) is 5.86. The number of hydrogen-bond acceptors (Lipinski definition) is 0. The van der Waals surface area contributed by atoms with E-state index in [0.717, 1.165) is 6.16 Å². The van der Waals surface area contributed by atoms with Crippen molar-refractivity contribution in [1.82, 2.24) is 0 Å². The first-order valence-corrected chi connectivity index (χ1v) is 13.6. The Morgan fingerprint density at radius 3 is 1.43 bits per heavy atom. The van der Waals surface area contributed by atoms with Gasteiger partial charge in [-0.1, -0.05) is 106 Å². The zero-order valence-corrected chi connectivity index (χ0v) is 19.3. The molecule has 0 heterocycles. The van der Waals surface area contributed by atoms with Crippen LogP contribution in [0.5, 0.6) is 0 Å². The van der Waals surface area contributed by atoms with E-state index in [2.05, 4.69) is 110 Å². The SMILES string of the molecule is CCCCCCCC/C=C/C[P+](c1ccccc1)(c1ccccc1)c1ccccc1. The van der Waals surface area contributed by atoms with Crippen molar-refractivity contribution in [3.05, 3.63) is 103 Å².